The zero-order valence-corrected chi connectivity index (χ0v) is 17.1. The summed E-state index contributed by atoms with van der Waals surface area (Å²) in [5.41, 5.74) is 0.387. The molecule has 10 heteroatoms. The highest BCUT2D eigenvalue weighted by molar-refractivity contribution is 8.71. The first-order valence-electron chi connectivity index (χ1n) is 8.26. The molecule has 0 aromatic heterocycles. The second-order valence-electron chi connectivity index (χ2n) is 5.62. The molecule has 0 bridgehead atoms. The van der Waals surface area contributed by atoms with E-state index in [2.05, 4.69) is 5.32 Å². The topological polar surface area (TPSA) is 116 Å². The minimum absolute atomic E-state index is 0.00103. The number of carbonyl (C=O) groups excluding carboxylic acids is 3. The maximum absolute atomic E-state index is 12.2. The van der Waals surface area contributed by atoms with Gasteiger partial charge in [-0.2, -0.15) is 0 Å². The van der Waals surface area contributed by atoms with Crippen molar-refractivity contribution in [3.63, 3.8) is 0 Å². The Morgan fingerprint density at radius 3 is 2.52 bits per heavy atom. The van der Waals surface area contributed by atoms with Gasteiger partial charge in [-0.25, -0.2) is 13.2 Å². The van der Waals surface area contributed by atoms with Gasteiger partial charge in [0.2, 0.25) is 5.91 Å². The summed E-state index contributed by atoms with van der Waals surface area (Å²) in [5, 5.41) is 2.67. The summed E-state index contributed by atoms with van der Waals surface area (Å²) in [5.74, 6) is -1.54. The summed E-state index contributed by atoms with van der Waals surface area (Å²) >= 11 is 0. The summed E-state index contributed by atoms with van der Waals surface area (Å²) in [6, 6.07) is 4.24. The van der Waals surface area contributed by atoms with Gasteiger partial charge < -0.3 is 14.8 Å². The molecule has 0 fully saturated rings. The first-order valence-corrected chi connectivity index (χ1v) is 11.7. The molecule has 1 amide bonds. The van der Waals surface area contributed by atoms with Gasteiger partial charge in [0.1, 0.15) is 17.9 Å². The molecule has 8 nitrogen and oxygen atoms in total. The summed E-state index contributed by atoms with van der Waals surface area (Å²) in [7, 11) is -2.56. The van der Waals surface area contributed by atoms with Crippen molar-refractivity contribution in [2.24, 2.45) is 0 Å². The number of hydrogen-bond acceptors (Lipinski definition) is 8. The molecule has 1 aromatic rings. The third-order valence-corrected chi connectivity index (χ3v) is 5.66. The summed E-state index contributed by atoms with van der Waals surface area (Å²) < 4.78 is 32.1. The van der Waals surface area contributed by atoms with Crippen LogP contribution in [0.25, 0.3) is 0 Å². The maximum Gasteiger partial charge on any atom is 0.341 e. The third-order valence-electron chi connectivity index (χ3n) is 3.11. The largest absolute Gasteiger partial charge is 0.461 e. The normalized spacial score (nSPS) is 10.9. The van der Waals surface area contributed by atoms with E-state index in [-0.39, 0.29) is 29.6 Å². The molecule has 0 atom stereocenters. The number of hydrogen-bond donors (Lipinski definition) is 1. The van der Waals surface area contributed by atoms with Crippen molar-refractivity contribution >= 4 is 43.2 Å². The second kappa shape index (κ2) is 10.9. The lowest BCUT2D eigenvalue weighted by Crippen LogP contribution is -2.14. The van der Waals surface area contributed by atoms with Gasteiger partial charge in [-0.1, -0.05) is 13.3 Å². The second-order valence-corrected chi connectivity index (χ2v) is 10.2. The lowest BCUT2D eigenvalue weighted by Gasteiger charge is -2.12. The molecular formula is C17H23NO7S2. The van der Waals surface area contributed by atoms with Crippen LogP contribution in [-0.2, 0) is 23.2 Å². The van der Waals surface area contributed by atoms with E-state index >= 15 is 0 Å². The van der Waals surface area contributed by atoms with Gasteiger partial charge in [0.05, 0.1) is 0 Å². The Morgan fingerprint density at radius 1 is 1.22 bits per heavy atom. The fraction of sp³-hybridized carbons (Fsp3) is 0.471. The average molecular weight is 418 g/mol. The molecule has 0 aliphatic heterocycles. The van der Waals surface area contributed by atoms with E-state index in [1.54, 1.807) is 0 Å². The van der Waals surface area contributed by atoms with Crippen LogP contribution in [0.4, 0.5) is 5.69 Å². The van der Waals surface area contributed by atoms with Crippen molar-refractivity contribution in [2.75, 3.05) is 23.9 Å². The molecule has 1 aromatic carbocycles. The van der Waals surface area contributed by atoms with E-state index in [0.717, 1.165) is 19.1 Å². The van der Waals surface area contributed by atoms with Gasteiger partial charge in [0.25, 0.3) is 0 Å². The summed E-state index contributed by atoms with van der Waals surface area (Å²) in [6.07, 6.45) is 3.06. The first kappa shape index (κ1) is 23.0. The molecule has 1 rings (SSSR count). The van der Waals surface area contributed by atoms with Crippen LogP contribution >= 0.6 is 10.8 Å². The number of ether oxygens (including phenoxy) is 2. The molecule has 0 heterocycles. The van der Waals surface area contributed by atoms with E-state index in [0.29, 0.717) is 22.9 Å². The highest BCUT2D eigenvalue weighted by atomic mass is 33.1. The van der Waals surface area contributed by atoms with Crippen molar-refractivity contribution in [1.82, 2.24) is 0 Å². The lowest BCUT2D eigenvalue weighted by atomic mass is 10.1. The minimum Gasteiger partial charge on any atom is -0.461 e. The van der Waals surface area contributed by atoms with Crippen LogP contribution in [0.15, 0.2) is 18.2 Å². The number of anilines is 1. The zero-order chi connectivity index (χ0) is 20.4. The standard InChI is InChI=1S/C17H23NO7S2/c1-4-5-6-16(20)18-13-7-8-14(15(11-13)25-12(2)19)17(21)24-9-10-26-27(3,22)23/h7-8,11H,4-6,9-10H2,1-3H3,(H,18,20). The smallest absolute Gasteiger partial charge is 0.341 e. The Balaban J connectivity index is 2.83. The lowest BCUT2D eigenvalue weighted by molar-refractivity contribution is -0.131. The van der Waals surface area contributed by atoms with E-state index in [4.69, 9.17) is 9.47 Å². The predicted molar refractivity (Wildman–Crippen MR) is 103 cm³/mol. The molecule has 0 aliphatic carbocycles. The van der Waals surface area contributed by atoms with E-state index in [1.165, 1.54) is 25.1 Å². The SMILES string of the molecule is CCCCC(=O)Nc1ccc(C(=O)OCCSS(C)(=O)=O)c(OC(C)=O)c1. The van der Waals surface area contributed by atoms with Crippen molar-refractivity contribution < 1.29 is 32.3 Å². The van der Waals surface area contributed by atoms with E-state index in [1.807, 2.05) is 6.92 Å². The van der Waals surface area contributed by atoms with Crippen molar-refractivity contribution in [3.8, 4) is 5.75 Å². The Hall–Kier alpha value is -2.07. The summed E-state index contributed by atoms with van der Waals surface area (Å²) in [6.45, 7) is 3.04. The third kappa shape index (κ3) is 9.43. The van der Waals surface area contributed by atoms with Crippen LogP contribution < -0.4 is 10.1 Å². The van der Waals surface area contributed by atoms with Crippen molar-refractivity contribution in [2.45, 2.75) is 33.1 Å². The molecule has 0 unspecified atom stereocenters. The van der Waals surface area contributed by atoms with Crippen LogP contribution in [0.1, 0.15) is 43.5 Å². The highest BCUT2D eigenvalue weighted by Gasteiger charge is 2.17. The minimum atomic E-state index is -3.22. The van der Waals surface area contributed by atoms with Gasteiger partial charge in [0, 0.05) is 37.1 Å². The monoisotopic (exact) mass is 417 g/mol. The van der Waals surface area contributed by atoms with Gasteiger partial charge in [-0.05, 0) is 29.3 Å². The molecule has 1 N–H and O–H groups in total. The number of amides is 1. The number of unbranched alkanes of at least 4 members (excludes halogenated alkanes) is 1. The molecule has 27 heavy (non-hydrogen) atoms. The highest BCUT2D eigenvalue weighted by Crippen LogP contribution is 2.25. The maximum atomic E-state index is 12.2. The average Bonchev–Trinajstić information content (AvgIpc) is 2.55. The first-order chi connectivity index (χ1) is 12.6. The van der Waals surface area contributed by atoms with Crippen LogP contribution in [-0.4, -0.2) is 44.9 Å². The summed E-state index contributed by atoms with van der Waals surface area (Å²) in [4.78, 5) is 35.3. The molecule has 0 saturated heterocycles. The van der Waals surface area contributed by atoms with Gasteiger partial charge in [-0.3, -0.25) is 9.59 Å². The van der Waals surface area contributed by atoms with Crippen molar-refractivity contribution in [3.05, 3.63) is 23.8 Å². The van der Waals surface area contributed by atoms with Gasteiger partial charge in [0.15, 0.2) is 8.87 Å². The molecular weight excluding hydrogens is 394 g/mol. The van der Waals surface area contributed by atoms with Gasteiger partial charge >= 0.3 is 11.9 Å². The predicted octanol–water partition coefficient (Wildman–Crippen LogP) is 2.59. The number of benzene rings is 1. The Morgan fingerprint density at radius 2 is 1.93 bits per heavy atom. The van der Waals surface area contributed by atoms with Crippen LogP contribution in [0.2, 0.25) is 0 Å². The Bertz CT molecular complexity index is 790. The molecule has 0 spiro atoms. The number of rotatable bonds is 10. The van der Waals surface area contributed by atoms with Gasteiger partial charge in [-0.15, -0.1) is 0 Å². The van der Waals surface area contributed by atoms with Crippen molar-refractivity contribution in [1.29, 1.82) is 0 Å². The molecule has 0 saturated carbocycles. The van der Waals surface area contributed by atoms with E-state index in [9.17, 15) is 22.8 Å². The zero-order valence-electron chi connectivity index (χ0n) is 15.4. The fourth-order valence-electron chi connectivity index (χ4n) is 1.97. The molecule has 0 aliphatic rings. The fourth-order valence-corrected chi connectivity index (χ4v) is 3.53. The van der Waals surface area contributed by atoms with Crippen LogP contribution in [0.3, 0.4) is 0 Å². The number of carbonyl (C=O) groups is 3. The number of nitrogens with one attached hydrogen (secondary N) is 1. The Labute approximate surface area is 162 Å². The van der Waals surface area contributed by atoms with E-state index < -0.39 is 20.8 Å². The quantitative estimate of drug-likeness (QED) is 0.267. The number of esters is 2. The van der Waals surface area contributed by atoms with Crippen LogP contribution in [0.5, 0.6) is 5.75 Å². The molecule has 0 radical (unpaired) electrons. The van der Waals surface area contributed by atoms with Crippen LogP contribution in [0, 0.1) is 0 Å². The Kier molecular flexibility index (Phi) is 9.30. The molecule has 150 valence electrons.